The zero-order chi connectivity index (χ0) is 20.7. The van der Waals surface area contributed by atoms with Crippen LogP contribution in [0.5, 0.6) is 5.75 Å². The molecule has 5 nitrogen and oxygen atoms in total. The van der Waals surface area contributed by atoms with Gasteiger partial charge in [-0.3, -0.25) is 4.79 Å². The molecular formula is C20H23F3N2O3. The number of carbonyl (C=O) groups is 1. The number of hydrogen-bond donors (Lipinski definition) is 2. The summed E-state index contributed by atoms with van der Waals surface area (Å²) in [6, 6.07) is 8.67. The number of nitrogens with one attached hydrogen (secondary N) is 2. The lowest BCUT2D eigenvalue weighted by atomic mass is 10.1. The zero-order valence-electron chi connectivity index (χ0n) is 15.9. The Morgan fingerprint density at radius 1 is 1.07 bits per heavy atom. The maximum Gasteiger partial charge on any atom is 0.416 e. The van der Waals surface area contributed by atoms with Gasteiger partial charge in [0.15, 0.2) is 0 Å². The molecule has 2 rings (SSSR count). The molecule has 152 valence electrons. The van der Waals surface area contributed by atoms with Gasteiger partial charge in [0.05, 0.1) is 24.4 Å². The Morgan fingerprint density at radius 2 is 1.75 bits per heavy atom. The number of rotatable bonds is 8. The molecule has 0 saturated heterocycles. The van der Waals surface area contributed by atoms with Gasteiger partial charge in [0.25, 0.3) is 0 Å². The van der Waals surface area contributed by atoms with Gasteiger partial charge in [-0.15, -0.1) is 0 Å². The summed E-state index contributed by atoms with van der Waals surface area (Å²) in [4.78, 5) is 12.3. The first-order valence-corrected chi connectivity index (χ1v) is 8.65. The number of alkyl halides is 3. The van der Waals surface area contributed by atoms with E-state index in [2.05, 4.69) is 10.6 Å². The van der Waals surface area contributed by atoms with E-state index in [-0.39, 0.29) is 31.2 Å². The fourth-order valence-electron chi connectivity index (χ4n) is 2.62. The normalized spacial score (nSPS) is 11.2. The van der Waals surface area contributed by atoms with Crippen LogP contribution in [0.3, 0.4) is 0 Å². The highest BCUT2D eigenvalue weighted by Crippen LogP contribution is 2.35. The van der Waals surface area contributed by atoms with E-state index in [1.54, 1.807) is 0 Å². The van der Waals surface area contributed by atoms with Gasteiger partial charge in [0.2, 0.25) is 5.91 Å². The number of aryl methyl sites for hydroxylation is 2. The van der Waals surface area contributed by atoms with E-state index in [1.807, 2.05) is 32.0 Å². The number of carbonyl (C=O) groups excluding carboxylic acids is 1. The van der Waals surface area contributed by atoms with Crippen LogP contribution < -0.4 is 15.4 Å². The van der Waals surface area contributed by atoms with Crippen molar-refractivity contribution in [2.24, 2.45) is 0 Å². The second-order valence-electron chi connectivity index (χ2n) is 6.22. The van der Waals surface area contributed by atoms with Gasteiger partial charge in [-0.05, 0) is 43.2 Å². The molecule has 1 amide bonds. The van der Waals surface area contributed by atoms with Crippen LogP contribution in [0.2, 0.25) is 0 Å². The van der Waals surface area contributed by atoms with Crippen molar-refractivity contribution in [2.45, 2.75) is 20.0 Å². The van der Waals surface area contributed by atoms with E-state index in [4.69, 9.17) is 9.47 Å². The standard InChI is InChI=1S/C20H23F3N2O3/c1-13-5-4-6-14(2)19(13)24-12-18(26)25-16-11-15(20(21,22)23)7-8-17(16)28-10-9-27-3/h4-8,11,24H,9-10,12H2,1-3H3,(H,25,26). The summed E-state index contributed by atoms with van der Waals surface area (Å²) >= 11 is 0. The topological polar surface area (TPSA) is 59.6 Å². The van der Waals surface area contributed by atoms with E-state index in [0.717, 1.165) is 28.9 Å². The molecule has 0 heterocycles. The summed E-state index contributed by atoms with van der Waals surface area (Å²) in [5.41, 5.74) is 1.84. The Balaban J connectivity index is 2.13. The van der Waals surface area contributed by atoms with E-state index in [0.29, 0.717) is 0 Å². The molecule has 0 atom stereocenters. The molecular weight excluding hydrogens is 373 g/mol. The highest BCUT2D eigenvalue weighted by atomic mass is 19.4. The summed E-state index contributed by atoms with van der Waals surface area (Å²) in [6.07, 6.45) is -4.53. The number of methoxy groups -OCH3 is 1. The highest BCUT2D eigenvalue weighted by molar-refractivity contribution is 5.95. The minimum Gasteiger partial charge on any atom is -0.489 e. The Bertz CT molecular complexity index is 803. The SMILES string of the molecule is COCCOc1ccc(C(F)(F)F)cc1NC(=O)CNc1c(C)cccc1C. The fraction of sp³-hybridized carbons (Fsp3) is 0.350. The second kappa shape index (κ2) is 9.45. The molecule has 0 radical (unpaired) electrons. The van der Waals surface area contributed by atoms with E-state index < -0.39 is 17.6 Å². The average molecular weight is 396 g/mol. The number of para-hydroxylation sites is 1. The lowest BCUT2D eigenvalue weighted by molar-refractivity contribution is -0.137. The minimum atomic E-state index is -4.53. The lowest BCUT2D eigenvalue weighted by Crippen LogP contribution is -2.23. The first-order chi connectivity index (χ1) is 13.2. The molecule has 0 aliphatic rings. The van der Waals surface area contributed by atoms with E-state index >= 15 is 0 Å². The number of anilines is 2. The average Bonchev–Trinajstić information content (AvgIpc) is 2.61. The van der Waals surface area contributed by atoms with Gasteiger partial charge >= 0.3 is 6.18 Å². The summed E-state index contributed by atoms with van der Waals surface area (Å²) in [5, 5.41) is 5.51. The number of ether oxygens (including phenoxy) is 2. The Labute approximate surface area is 161 Å². The number of benzene rings is 2. The molecule has 28 heavy (non-hydrogen) atoms. The summed E-state index contributed by atoms with van der Waals surface area (Å²) in [5.74, 6) is -0.343. The number of halogens is 3. The van der Waals surface area contributed by atoms with Crippen LogP contribution in [0.25, 0.3) is 0 Å². The molecule has 0 aromatic heterocycles. The third-order valence-electron chi connectivity index (χ3n) is 4.03. The van der Waals surface area contributed by atoms with Gasteiger partial charge in [-0.2, -0.15) is 13.2 Å². The molecule has 8 heteroatoms. The van der Waals surface area contributed by atoms with Crippen LogP contribution in [-0.2, 0) is 15.7 Å². The van der Waals surface area contributed by atoms with Gasteiger partial charge in [0, 0.05) is 12.8 Å². The molecule has 2 aromatic rings. The second-order valence-corrected chi connectivity index (χ2v) is 6.22. The van der Waals surface area contributed by atoms with Crippen LogP contribution in [0.1, 0.15) is 16.7 Å². The van der Waals surface area contributed by atoms with Crippen molar-refractivity contribution in [2.75, 3.05) is 37.5 Å². The largest absolute Gasteiger partial charge is 0.489 e. The van der Waals surface area contributed by atoms with Crippen molar-refractivity contribution >= 4 is 17.3 Å². The predicted molar refractivity (Wildman–Crippen MR) is 102 cm³/mol. The molecule has 0 bridgehead atoms. The lowest BCUT2D eigenvalue weighted by Gasteiger charge is -2.16. The fourth-order valence-corrected chi connectivity index (χ4v) is 2.62. The summed E-state index contributed by atoms with van der Waals surface area (Å²) in [7, 11) is 1.48. The van der Waals surface area contributed by atoms with Gasteiger partial charge < -0.3 is 20.1 Å². The van der Waals surface area contributed by atoms with Crippen LogP contribution >= 0.6 is 0 Å². The quantitative estimate of drug-likeness (QED) is 0.650. The summed E-state index contributed by atoms with van der Waals surface area (Å²) in [6.45, 7) is 4.12. The molecule has 0 fully saturated rings. The number of hydrogen-bond acceptors (Lipinski definition) is 4. The number of amides is 1. The monoisotopic (exact) mass is 396 g/mol. The smallest absolute Gasteiger partial charge is 0.416 e. The zero-order valence-corrected chi connectivity index (χ0v) is 15.9. The van der Waals surface area contributed by atoms with Gasteiger partial charge in [-0.25, -0.2) is 0 Å². The van der Waals surface area contributed by atoms with E-state index in [1.165, 1.54) is 13.2 Å². The molecule has 0 spiro atoms. The Kier molecular flexibility index (Phi) is 7.28. The molecule has 2 N–H and O–H groups in total. The van der Waals surface area contributed by atoms with Crippen molar-refractivity contribution in [1.82, 2.24) is 0 Å². The molecule has 2 aromatic carbocycles. The highest BCUT2D eigenvalue weighted by Gasteiger charge is 2.31. The first-order valence-electron chi connectivity index (χ1n) is 8.65. The van der Waals surface area contributed by atoms with Crippen molar-refractivity contribution in [1.29, 1.82) is 0 Å². The van der Waals surface area contributed by atoms with E-state index in [9.17, 15) is 18.0 Å². The Morgan fingerprint density at radius 3 is 2.36 bits per heavy atom. The third-order valence-corrected chi connectivity index (χ3v) is 4.03. The maximum absolute atomic E-state index is 13.0. The van der Waals surface area contributed by atoms with Crippen molar-refractivity contribution < 1.29 is 27.4 Å². The third kappa shape index (κ3) is 5.88. The van der Waals surface area contributed by atoms with Gasteiger partial charge in [-0.1, -0.05) is 18.2 Å². The molecule has 0 unspecified atom stereocenters. The molecule has 0 saturated carbocycles. The molecule has 0 aliphatic heterocycles. The minimum absolute atomic E-state index is 0.0424. The summed E-state index contributed by atoms with van der Waals surface area (Å²) < 4.78 is 49.3. The van der Waals surface area contributed by atoms with Crippen molar-refractivity contribution in [3.05, 3.63) is 53.1 Å². The van der Waals surface area contributed by atoms with Crippen molar-refractivity contribution in [3.8, 4) is 5.75 Å². The maximum atomic E-state index is 13.0. The van der Waals surface area contributed by atoms with Crippen LogP contribution in [0.4, 0.5) is 24.5 Å². The predicted octanol–water partition coefficient (Wildman–Crippen LogP) is 4.40. The van der Waals surface area contributed by atoms with Crippen LogP contribution in [0, 0.1) is 13.8 Å². The van der Waals surface area contributed by atoms with Crippen LogP contribution in [-0.4, -0.2) is 32.8 Å². The Hall–Kier alpha value is -2.74. The first kappa shape index (κ1) is 21.6. The molecule has 0 aliphatic carbocycles. The van der Waals surface area contributed by atoms with Crippen LogP contribution in [0.15, 0.2) is 36.4 Å². The van der Waals surface area contributed by atoms with Crippen molar-refractivity contribution in [3.63, 3.8) is 0 Å². The van der Waals surface area contributed by atoms with Gasteiger partial charge in [0.1, 0.15) is 12.4 Å².